The molecule has 1 aliphatic carbocycles. The van der Waals surface area contributed by atoms with Crippen LogP contribution >= 0.6 is 11.6 Å². The molecule has 1 aromatic carbocycles. The van der Waals surface area contributed by atoms with Gasteiger partial charge >= 0.3 is 6.09 Å². The summed E-state index contributed by atoms with van der Waals surface area (Å²) in [6, 6.07) is 4.86. The monoisotopic (exact) mass is 458 g/mol. The van der Waals surface area contributed by atoms with E-state index in [1.165, 1.54) is 4.90 Å². The molecule has 1 unspecified atom stereocenters. The van der Waals surface area contributed by atoms with Gasteiger partial charge in [0.25, 0.3) is 5.91 Å². The average molecular weight is 459 g/mol. The Bertz CT molecular complexity index is 1040. The minimum absolute atomic E-state index is 0.0888. The SMILES string of the molecule is CCCOC(=O)N1CCN(C(=O)c2ccc3c(Cl)c4c(nc3c2)CCCC4)C(CN=O)C1. The Balaban J connectivity index is 1.57. The minimum Gasteiger partial charge on any atom is -0.449 e. The van der Waals surface area contributed by atoms with Crippen LogP contribution in [0.1, 0.15) is 47.8 Å². The normalized spacial score (nSPS) is 18.4. The van der Waals surface area contributed by atoms with Crippen molar-refractivity contribution in [3.8, 4) is 0 Å². The first-order valence-electron chi connectivity index (χ1n) is 11.2. The highest BCUT2D eigenvalue weighted by Gasteiger charge is 2.34. The number of pyridine rings is 1. The Morgan fingerprint density at radius 1 is 1.25 bits per heavy atom. The zero-order chi connectivity index (χ0) is 22.7. The number of carbonyl (C=O) groups is 2. The molecule has 0 bridgehead atoms. The first kappa shape index (κ1) is 22.5. The fraction of sp³-hybridized carbons (Fsp3) is 0.522. The number of hydrogen-bond donors (Lipinski definition) is 0. The predicted molar refractivity (Wildman–Crippen MR) is 122 cm³/mol. The van der Waals surface area contributed by atoms with Gasteiger partial charge in [-0.05, 0) is 49.8 Å². The van der Waals surface area contributed by atoms with Crippen molar-refractivity contribution in [2.45, 2.75) is 45.1 Å². The zero-order valence-corrected chi connectivity index (χ0v) is 18.9. The average Bonchev–Trinajstić information content (AvgIpc) is 2.82. The molecule has 0 saturated carbocycles. The molecule has 0 N–H and O–H groups in total. The molecule has 0 radical (unpaired) electrons. The van der Waals surface area contributed by atoms with Crippen LogP contribution in [0.15, 0.2) is 23.4 Å². The number of halogens is 1. The summed E-state index contributed by atoms with van der Waals surface area (Å²) in [4.78, 5) is 44.5. The number of nitrogens with zero attached hydrogens (tertiary/aromatic N) is 4. The second kappa shape index (κ2) is 9.81. The Hall–Kier alpha value is -2.74. The minimum atomic E-state index is -0.501. The van der Waals surface area contributed by atoms with Gasteiger partial charge in [0.05, 0.1) is 23.2 Å². The third-order valence-corrected chi connectivity index (χ3v) is 6.59. The number of aromatic nitrogens is 1. The van der Waals surface area contributed by atoms with E-state index in [0.29, 0.717) is 30.8 Å². The highest BCUT2D eigenvalue weighted by molar-refractivity contribution is 6.36. The molecule has 9 heteroatoms. The lowest BCUT2D eigenvalue weighted by atomic mass is 9.94. The maximum atomic E-state index is 13.3. The topological polar surface area (TPSA) is 92.2 Å². The highest BCUT2D eigenvalue weighted by Crippen LogP contribution is 2.33. The standard InChI is InChI=1S/C23H27ClN4O4/c1-2-11-32-23(30)27-9-10-28(16(14-27)13-25-31)22(29)15-7-8-18-20(12-15)26-19-6-4-3-5-17(19)21(18)24/h7-8,12,16H,2-6,9-11,13-14H2,1H3. The number of hydrogen-bond acceptors (Lipinski definition) is 6. The second-order valence-electron chi connectivity index (χ2n) is 8.31. The number of carbonyl (C=O) groups excluding carboxylic acids is 2. The molecule has 2 aliphatic rings. The molecule has 1 fully saturated rings. The number of amides is 2. The molecular weight excluding hydrogens is 432 g/mol. The van der Waals surface area contributed by atoms with E-state index in [1.807, 2.05) is 13.0 Å². The highest BCUT2D eigenvalue weighted by atomic mass is 35.5. The molecule has 2 heterocycles. The Kier molecular flexibility index (Phi) is 6.89. The summed E-state index contributed by atoms with van der Waals surface area (Å²) >= 11 is 6.65. The van der Waals surface area contributed by atoms with Crippen molar-refractivity contribution >= 4 is 34.5 Å². The number of benzene rings is 1. The van der Waals surface area contributed by atoms with E-state index in [1.54, 1.807) is 17.0 Å². The lowest BCUT2D eigenvalue weighted by molar-refractivity contribution is 0.0396. The number of nitroso groups, excluding NO2 is 1. The maximum Gasteiger partial charge on any atom is 0.409 e. The van der Waals surface area contributed by atoms with Gasteiger partial charge in [0, 0.05) is 36.3 Å². The van der Waals surface area contributed by atoms with E-state index < -0.39 is 12.1 Å². The molecule has 170 valence electrons. The molecule has 8 nitrogen and oxygen atoms in total. The van der Waals surface area contributed by atoms with Crippen LogP contribution in [0.4, 0.5) is 4.79 Å². The largest absolute Gasteiger partial charge is 0.449 e. The first-order valence-corrected chi connectivity index (χ1v) is 11.5. The summed E-state index contributed by atoms with van der Waals surface area (Å²) in [6.45, 7) is 3.03. The van der Waals surface area contributed by atoms with Gasteiger partial charge < -0.3 is 14.5 Å². The summed E-state index contributed by atoms with van der Waals surface area (Å²) in [5, 5.41) is 4.57. The van der Waals surface area contributed by atoms with Gasteiger partial charge in [-0.25, -0.2) is 4.79 Å². The lowest BCUT2D eigenvalue weighted by Gasteiger charge is -2.40. The van der Waals surface area contributed by atoms with Crippen molar-refractivity contribution in [1.29, 1.82) is 0 Å². The molecule has 0 spiro atoms. The molecule has 1 aliphatic heterocycles. The van der Waals surface area contributed by atoms with E-state index in [0.717, 1.165) is 53.8 Å². The van der Waals surface area contributed by atoms with Crippen LogP contribution in [-0.4, -0.2) is 65.6 Å². The molecular formula is C23H27ClN4O4. The summed E-state index contributed by atoms with van der Waals surface area (Å²) in [6.07, 6.45) is 4.33. The molecule has 1 aromatic heterocycles. The third-order valence-electron chi connectivity index (χ3n) is 6.16. The smallest absolute Gasteiger partial charge is 0.409 e. The van der Waals surface area contributed by atoms with E-state index in [2.05, 4.69) is 5.18 Å². The fourth-order valence-electron chi connectivity index (χ4n) is 4.48. The van der Waals surface area contributed by atoms with Gasteiger partial charge in [-0.3, -0.25) is 9.78 Å². The Morgan fingerprint density at radius 2 is 2.06 bits per heavy atom. The lowest BCUT2D eigenvalue weighted by Crippen LogP contribution is -2.57. The number of fused-ring (bicyclic) bond motifs is 2. The van der Waals surface area contributed by atoms with Gasteiger partial charge in [-0.15, -0.1) is 0 Å². The molecule has 1 atom stereocenters. The molecule has 32 heavy (non-hydrogen) atoms. The van der Waals surface area contributed by atoms with Crippen LogP contribution in [-0.2, 0) is 17.6 Å². The van der Waals surface area contributed by atoms with Crippen LogP contribution in [0.2, 0.25) is 5.02 Å². The summed E-state index contributed by atoms with van der Waals surface area (Å²) < 4.78 is 5.20. The van der Waals surface area contributed by atoms with Crippen molar-refractivity contribution in [3.05, 3.63) is 44.9 Å². The fourth-order valence-corrected chi connectivity index (χ4v) is 4.84. The van der Waals surface area contributed by atoms with Crippen LogP contribution < -0.4 is 0 Å². The van der Waals surface area contributed by atoms with Crippen LogP contribution in [0.25, 0.3) is 10.9 Å². The predicted octanol–water partition coefficient (Wildman–Crippen LogP) is 4.21. The molecule has 1 saturated heterocycles. The quantitative estimate of drug-likeness (QED) is 0.626. The van der Waals surface area contributed by atoms with Crippen LogP contribution in [0.3, 0.4) is 0 Å². The van der Waals surface area contributed by atoms with Crippen molar-refractivity contribution in [1.82, 2.24) is 14.8 Å². The van der Waals surface area contributed by atoms with Crippen molar-refractivity contribution in [3.63, 3.8) is 0 Å². The Labute approximate surface area is 191 Å². The van der Waals surface area contributed by atoms with E-state index in [9.17, 15) is 14.5 Å². The van der Waals surface area contributed by atoms with Gasteiger partial charge in [0.15, 0.2) is 0 Å². The van der Waals surface area contributed by atoms with Crippen molar-refractivity contribution in [2.75, 3.05) is 32.8 Å². The number of rotatable bonds is 5. The number of ether oxygens (including phenoxy) is 1. The molecule has 2 amide bonds. The number of aryl methyl sites for hydroxylation is 1. The summed E-state index contributed by atoms with van der Waals surface area (Å²) in [7, 11) is 0. The first-order chi connectivity index (χ1) is 15.5. The number of piperazine rings is 1. The molecule has 4 rings (SSSR count). The maximum absolute atomic E-state index is 13.3. The van der Waals surface area contributed by atoms with Gasteiger partial charge in [-0.1, -0.05) is 29.8 Å². The van der Waals surface area contributed by atoms with Gasteiger partial charge in [0.2, 0.25) is 0 Å². The second-order valence-corrected chi connectivity index (χ2v) is 8.69. The van der Waals surface area contributed by atoms with Crippen molar-refractivity contribution < 1.29 is 14.3 Å². The summed E-state index contributed by atoms with van der Waals surface area (Å²) in [5.41, 5.74) is 3.32. The van der Waals surface area contributed by atoms with Crippen LogP contribution in [0, 0.1) is 4.91 Å². The van der Waals surface area contributed by atoms with Crippen LogP contribution in [0.5, 0.6) is 0 Å². The zero-order valence-electron chi connectivity index (χ0n) is 18.2. The third kappa shape index (κ3) is 4.41. The van der Waals surface area contributed by atoms with E-state index in [-0.39, 0.29) is 19.0 Å². The summed E-state index contributed by atoms with van der Waals surface area (Å²) in [5.74, 6) is -0.210. The van der Waals surface area contributed by atoms with E-state index in [4.69, 9.17) is 21.3 Å². The van der Waals surface area contributed by atoms with Gasteiger partial charge in [0.1, 0.15) is 6.54 Å². The molecule has 2 aromatic rings. The Morgan fingerprint density at radius 3 is 2.84 bits per heavy atom. The van der Waals surface area contributed by atoms with Crippen molar-refractivity contribution in [2.24, 2.45) is 5.18 Å². The van der Waals surface area contributed by atoms with E-state index >= 15 is 0 Å². The van der Waals surface area contributed by atoms with Gasteiger partial charge in [-0.2, -0.15) is 4.91 Å².